The average molecular weight is 506 g/mol. The van der Waals surface area contributed by atoms with E-state index in [-0.39, 0.29) is 5.69 Å². The highest BCUT2D eigenvalue weighted by Gasteiger charge is 2.21. The second-order valence-corrected chi connectivity index (χ2v) is 8.36. The van der Waals surface area contributed by atoms with E-state index >= 15 is 0 Å². The molecule has 0 aliphatic rings. The summed E-state index contributed by atoms with van der Waals surface area (Å²) in [6.07, 6.45) is 1.67. The Morgan fingerprint density at radius 2 is 1.84 bits per heavy atom. The Morgan fingerprint density at radius 3 is 2.55 bits per heavy atom. The minimum atomic E-state index is -0.857. The fraction of sp³-hybridized carbons (Fsp3) is 0.227. The summed E-state index contributed by atoms with van der Waals surface area (Å²) in [6.45, 7) is 4.26. The summed E-state index contributed by atoms with van der Waals surface area (Å²) in [5.74, 6) is -2.08. The molecule has 0 saturated heterocycles. The summed E-state index contributed by atoms with van der Waals surface area (Å²) in [6, 6.07) is 12.2. The van der Waals surface area contributed by atoms with Crippen molar-refractivity contribution >= 4 is 61.8 Å². The topological polar surface area (TPSA) is 92.2 Å². The van der Waals surface area contributed by atoms with Crippen LogP contribution in [0.3, 0.4) is 0 Å². The molecule has 0 fully saturated rings. The zero-order valence-electron chi connectivity index (χ0n) is 17.1. The number of anilines is 1. The van der Waals surface area contributed by atoms with Crippen molar-refractivity contribution in [3.63, 3.8) is 0 Å². The van der Waals surface area contributed by atoms with Gasteiger partial charge in [-0.15, -0.1) is 0 Å². The van der Waals surface area contributed by atoms with Crippen molar-refractivity contribution in [3.8, 4) is 0 Å². The molecule has 3 rings (SSSR count). The lowest BCUT2D eigenvalue weighted by Crippen LogP contribution is -2.40. The molecule has 1 heterocycles. The van der Waals surface area contributed by atoms with Crippen LogP contribution in [0.1, 0.15) is 35.8 Å². The van der Waals surface area contributed by atoms with Gasteiger partial charge in [0.05, 0.1) is 5.52 Å². The maximum atomic E-state index is 13.0. The van der Waals surface area contributed by atoms with E-state index in [0.717, 1.165) is 22.9 Å². The van der Waals surface area contributed by atoms with Gasteiger partial charge < -0.3 is 10.6 Å². The largest absolute Gasteiger partial charge is 0.348 e. The van der Waals surface area contributed by atoms with E-state index in [9.17, 15) is 14.4 Å². The molecule has 3 N–H and O–H groups in total. The second-order valence-electron chi connectivity index (χ2n) is 7.04. The standard InChI is InChI=1S/C22H22BrClN4O3/c1-3-4-9-25-21(30)22(31)27-28-18-8-6-15(23)10-14(18)11-19(28)20(29)26-16-7-5-13(2)17(24)12-16/h5-8,10-12H,3-4,9H2,1-2H3,(H,25,30)(H,26,29)(H,27,31). The lowest BCUT2D eigenvalue weighted by molar-refractivity contribution is -0.136. The Kier molecular flexibility index (Phi) is 7.35. The van der Waals surface area contributed by atoms with Gasteiger partial charge in [-0.2, -0.15) is 0 Å². The Balaban J connectivity index is 1.91. The van der Waals surface area contributed by atoms with Gasteiger partial charge in [-0.1, -0.05) is 46.9 Å². The maximum Gasteiger partial charge on any atom is 0.328 e. The number of aromatic nitrogens is 1. The first kappa shape index (κ1) is 22.8. The fourth-order valence-electron chi connectivity index (χ4n) is 2.95. The Hall–Kier alpha value is -2.84. The molecule has 3 aromatic rings. The van der Waals surface area contributed by atoms with Crippen molar-refractivity contribution in [2.24, 2.45) is 0 Å². The number of hydrogen-bond acceptors (Lipinski definition) is 3. The molecular weight excluding hydrogens is 484 g/mol. The third kappa shape index (κ3) is 5.45. The maximum absolute atomic E-state index is 13.0. The van der Waals surface area contributed by atoms with Crippen molar-refractivity contribution in [2.45, 2.75) is 26.7 Å². The van der Waals surface area contributed by atoms with Crippen molar-refractivity contribution in [1.82, 2.24) is 9.99 Å². The third-order valence-electron chi connectivity index (χ3n) is 4.66. The molecule has 0 aliphatic carbocycles. The molecule has 9 heteroatoms. The van der Waals surface area contributed by atoms with Crippen molar-refractivity contribution in [1.29, 1.82) is 0 Å². The zero-order chi connectivity index (χ0) is 22.5. The van der Waals surface area contributed by atoms with Crippen LogP contribution >= 0.6 is 27.5 Å². The van der Waals surface area contributed by atoms with Crippen LogP contribution in [0.15, 0.2) is 46.9 Å². The monoisotopic (exact) mass is 504 g/mol. The lowest BCUT2D eigenvalue weighted by Gasteiger charge is -2.13. The number of halogens is 2. The van der Waals surface area contributed by atoms with Crippen LogP contribution in [-0.4, -0.2) is 28.9 Å². The molecule has 31 heavy (non-hydrogen) atoms. The molecule has 0 unspecified atom stereocenters. The number of aryl methyl sites for hydroxylation is 1. The summed E-state index contributed by atoms with van der Waals surface area (Å²) < 4.78 is 2.13. The van der Waals surface area contributed by atoms with Gasteiger partial charge in [0, 0.05) is 27.1 Å². The lowest BCUT2D eigenvalue weighted by atomic mass is 10.2. The number of fused-ring (bicyclic) bond motifs is 1. The highest BCUT2D eigenvalue weighted by Crippen LogP contribution is 2.25. The highest BCUT2D eigenvalue weighted by atomic mass is 79.9. The minimum absolute atomic E-state index is 0.166. The number of nitrogens with zero attached hydrogens (tertiary/aromatic N) is 1. The molecule has 0 atom stereocenters. The third-order valence-corrected chi connectivity index (χ3v) is 5.56. The summed E-state index contributed by atoms with van der Waals surface area (Å²) in [5, 5.41) is 6.59. The number of hydrogen-bond donors (Lipinski definition) is 3. The summed E-state index contributed by atoms with van der Waals surface area (Å²) >= 11 is 9.55. The normalized spacial score (nSPS) is 10.7. The van der Waals surface area contributed by atoms with Crippen LogP contribution in [0.2, 0.25) is 5.02 Å². The van der Waals surface area contributed by atoms with Crippen LogP contribution < -0.4 is 16.1 Å². The smallest absolute Gasteiger partial charge is 0.328 e. The highest BCUT2D eigenvalue weighted by molar-refractivity contribution is 9.10. The first-order valence-corrected chi connectivity index (χ1v) is 10.9. The van der Waals surface area contributed by atoms with E-state index < -0.39 is 17.7 Å². The van der Waals surface area contributed by atoms with Gasteiger partial charge in [0.15, 0.2) is 0 Å². The van der Waals surface area contributed by atoms with Gasteiger partial charge in [-0.05, 0) is 55.3 Å². The van der Waals surface area contributed by atoms with Crippen molar-refractivity contribution < 1.29 is 14.4 Å². The SMILES string of the molecule is CCCCNC(=O)C(=O)Nn1c(C(=O)Nc2ccc(C)c(Cl)c2)cc2cc(Br)ccc21. The number of benzene rings is 2. The van der Waals surface area contributed by atoms with E-state index in [4.69, 9.17) is 11.6 Å². The van der Waals surface area contributed by atoms with Gasteiger partial charge in [0.1, 0.15) is 5.69 Å². The quantitative estimate of drug-likeness (QED) is 0.338. The minimum Gasteiger partial charge on any atom is -0.348 e. The Bertz CT molecular complexity index is 1160. The van der Waals surface area contributed by atoms with Gasteiger partial charge in [0.2, 0.25) is 0 Å². The average Bonchev–Trinajstić information content (AvgIpc) is 3.08. The number of carbonyl (C=O) groups is 3. The van der Waals surface area contributed by atoms with Crippen LogP contribution in [0.5, 0.6) is 0 Å². The number of amides is 3. The molecule has 0 saturated carbocycles. The zero-order valence-corrected chi connectivity index (χ0v) is 19.4. The summed E-state index contributed by atoms with van der Waals surface area (Å²) in [5.41, 5.74) is 4.68. The molecule has 0 spiro atoms. The van der Waals surface area contributed by atoms with Crippen LogP contribution in [-0.2, 0) is 9.59 Å². The van der Waals surface area contributed by atoms with Crippen molar-refractivity contribution in [3.05, 3.63) is 63.2 Å². The molecular formula is C22H22BrClN4O3. The van der Waals surface area contributed by atoms with E-state index in [2.05, 4.69) is 32.0 Å². The predicted molar refractivity (Wildman–Crippen MR) is 126 cm³/mol. The van der Waals surface area contributed by atoms with Gasteiger partial charge in [-0.3, -0.25) is 19.8 Å². The summed E-state index contributed by atoms with van der Waals surface area (Å²) in [4.78, 5) is 37.6. The van der Waals surface area contributed by atoms with Crippen LogP contribution in [0.4, 0.5) is 5.69 Å². The Morgan fingerprint density at radius 1 is 1.06 bits per heavy atom. The van der Waals surface area contributed by atoms with Gasteiger partial charge >= 0.3 is 11.8 Å². The van der Waals surface area contributed by atoms with Crippen LogP contribution in [0.25, 0.3) is 10.9 Å². The first-order chi connectivity index (χ1) is 14.8. The number of rotatable bonds is 6. The molecule has 7 nitrogen and oxygen atoms in total. The second kappa shape index (κ2) is 9.98. The first-order valence-electron chi connectivity index (χ1n) is 9.78. The van der Waals surface area contributed by atoms with Crippen LogP contribution in [0, 0.1) is 6.92 Å². The molecule has 0 bridgehead atoms. The van der Waals surface area contributed by atoms with E-state index in [1.54, 1.807) is 36.4 Å². The molecule has 1 aromatic heterocycles. The molecule has 2 aromatic carbocycles. The molecule has 0 radical (unpaired) electrons. The van der Waals surface area contributed by atoms with Gasteiger partial charge in [-0.25, -0.2) is 4.68 Å². The number of unbranched alkanes of at least 4 members (excludes halogenated alkanes) is 1. The van der Waals surface area contributed by atoms with Crippen molar-refractivity contribution in [2.75, 3.05) is 17.3 Å². The number of nitrogens with one attached hydrogen (secondary N) is 3. The fourth-order valence-corrected chi connectivity index (χ4v) is 3.51. The number of carbonyl (C=O) groups excluding carboxylic acids is 3. The van der Waals surface area contributed by atoms with E-state index in [1.165, 1.54) is 4.68 Å². The van der Waals surface area contributed by atoms with E-state index in [0.29, 0.717) is 28.2 Å². The Labute approximate surface area is 193 Å². The van der Waals surface area contributed by atoms with Gasteiger partial charge in [0.25, 0.3) is 5.91 Å². The molecule has 162 valence electrons. The van der Waals surface area contributed by atoms with E-state index in [1.807, 2.05) is 19.9 Å². The molecule has 0 aliphatic heterocycles. The summed E-state index contributed by atoms with van der Waals surface area (Å²) in [7, 11) is 0. The predicted octanol–water partition coefficient (Wildman–Crippen LogP) is 4.60. The molecule has 3 amide bonds.